The van der Waals surface area contributed by atoms with Crippen molar-refractivity contribution in [1.82, 2.24) is 0 Å². The number of primary amides is 1. The Morgan fingerprint density at radius 2 is 1.88 bits per heavy atom. The summed E-state index contributed by atoms with van der Waals surface area (Å²) in [5.41, 5.74) is 7.46. The molecule has 2 amide bonds. The van der Waals surface area contributed by atoms with Gasteiger partial charge in [0, 0.05) is 19.2 Å². The highest BCUT2D eigenvalue weighted by Gasteiger charge is 2.26. The molecule has 0 fully saturated rings. The molecule has 2 aromatic carbocycles. The molecule has 0 aromatic heterocycles. The summed E-state index contributed by atoms with van der Waals surface area (Å²) in [5, 5.41) is 0. The number of rotatable bonds is 4. The largest absolute Gasteiger partial charge is 0.378 e. The standard InChI is InChI=1S/C18H18N2O5S/c1-11-3-5-15(18(19)22)17(9-11)25-26(23,24)14-4-6-16-13(10-14)7-8-20(16)12(2)21/h3-6,9-10H,7-8H2,1-2H3,(H2,19,22). The fraction of sp³-hybridized carbons (Fsp3) is 0.222. The van der Waals surface area contributed by atoms with Gasteiger partial charge in [0.05, 0.1) is 5.56 Å². The zero-order valence-electron chi connectivity index (χ0n) is 14.4. The smallest absolute Gasteiger partial charge is 0.339 e. The van der Waals surface area contributed by atoms with Crippen molar-refractivity contribution in [3.8, 4) is 5.75 Å². The number of aryl methyl sites for hydroxylation is 1. The number of hydrogen-bond donors (Lipinski definition) is 1. The maximum absolute atomic E-state index is 12.6. The predicted molar refractivity (Wildman–Crippen MR) is 95.7 cm³/mol. The van der Waals surface area contributed by atoms with Crippen LogP contribution in [0.15, 0.2) is 41.3 Å². The average molecular weight is 374 g/mol. The summed E-state index contributed by atoms with van der Waals surface area (Å²) in [6.45, 7) is 3.72. The van der Waals surface area contributed by atoms with Gasteiger partial charge in [0.15, 0.2) is 5.75 Å². The van der Waals surface area contributed by atoms with E-state index in [1.807, 2.05) is 0 Å². The normalized spacial score (nSPS) is 13.4. The first-order valence-electron chi connectivity index (χ1n) is 7.95. The molecule has 3 rings (SSSR count). The van der Waals surface area contributed by atoms with Crippen LogP contribution in [0, 0.1) is 6.92 Å². The molecule has 7 nitrogen and oxygen atoms in total. The van der Waals surface area contributed by atoms with E-state index in [0.717, 1.165) is 11.1 Å². The van der Waals surface area contributed by atoms with E-state index >= 15 is 0 Å². The van der Waals surface area contributed by atoms with Crippen LogP contribution in [-0.2, 0) is 21.3 Å². The van der Waals surface area contributed by atoms with Crippen molar-refractivity contribution in [1.29, 1.82) is 0 Å². The maximum atomic E-state index is 12.6. The summed E-state index contributed by atoms with van der Waals surface area (Å²) in [7, 11) is -4.16. The van der Waals surface area contributed by atoms with Crippen LogP contribution in [0.3, 0.4) is 0 Å². The van der Waals surface area contributed by atoms with Gasteiger partial charge in [-0.2, -0.15) is 8.42 Å². The lowest BCUT2D eigenvalue weighted by molar-refractivity contribution is -0.116. The van der Waals surface area contributed by atoms with Crippen molar-refractivity contribution in [3.63, 3.8) is 0 Å². The molecule has 136 valence electrons. The highest BCUT2D eigenvalue weighted by Crippen LogP contribution is 2.31. The molecule has 0 aliphatic carbocycles. The van der Waals surface area contributed by atoms with Gasteiger partial charge in [-0.3, -0.25) is 9.59 Å². The Morgan fingerprint density at radius 3 is 2.54 bits per heavy atom. The van der Waals surface area contributed by atoms with E-state index in [2.05, 4.69) is 0 Å². The third-order valence-corrected chi connectivity index (χ3v) is 5.45. The summed E-state index contributed by atoms with van der Waals surface area (Å²) in [4.78, 5) is 24.7. The second kappa shape index (κ2) is 6.45. The lowest BCUT2D eigenvalue weighted by Gasteiger charge is -2.15. The number of carbonyl (C=O) groups excluding carboxylic acids is 2. The van der Waals surface area contributed by atoms with Gasteiger partial charge in [-0.1, -0.05) is 6.07 Å². The molecule has 1 heterocycles. The molecule has 1 aliphatic rings. The predicted octanol–water partition coefficient (Wildman–Crippen LogP) is 1.77. The Balaban J connectivity index is 1.97. The van der Waals surface area contributed by atoms with Crippen molar-refractivity contribution >= 4 is 27.6 Å². The van der Waals surface area contributed by atoms with Gasteiger partial charge < -0.3 is 14.8 Å². The number of carbonyl (C=O) groups is 2. The molecule has 0 saturated heterocycles. The molecular weight excluding hydrogens is 356 g/mol. The van der Waals surface area contributed by atoms with Crippen LogP contribution < -0.4 is 14.8 Å². The Morgan fingerprint density at radius 1 is 1.15 bits per heavy atom. The first-order valence-corrected chi connectivity index (χ1v) is 9.36. The van der Waals surface area contributed by atoms with Crippen LogP contribution in [0.5, 0.6) is 5.75 Å². The molecule has 0 bridgehead atoms. The second-order valence-corrected chi connectivity index (χ2v) is 7.66. The van der Waals surface area contributed by atoms with Crippen LogP contribution in [0.1, 0.15) is 28.4 Å². The molecule has 8 heteroatoms. The van der Waals surface area contributed by atoms with E-state index in [9.17, 15) is 18.0 Å². The first-order chi connectivity index (χ1) is 12.2. The van der Waals surface area contributed by atoms with Crippen molar-refractivity contribution < 1.29 is 22.2 Å². The summed E-state index contributed by atoms with van der Waals surface area (Å²) < 4.78 is 30.5. The zero-order chi connectivity index (χ0) is 19.1. The summed E-state index contributed by atoms with van der Waals surface area (Å²) >= 11 is 0. The van der Waals surface area contributed by atoms with E-state index in [0.29, 0.717) is 18.7 Å². The van der Waals surface area contributed by atoms with E-state index in [1.165, 1.54) is 31.2 Å². The van der Waals surface area contributed by atoms with Crippen molar-refractivity contribution in [2.45, 2.75) is 25.2 Å². The van der Waals surface area contributed by atoms with E-state index in [4.69, 9.17) is 9.92 Å². The Labute approximate surface area is 151 Å². The zero-order valence-corrected chi connectivity index (χ0v) is 15.2. The van der Waals surface area contributed by atoms with Crippen molar-refractivity contribution in [3.05, 3.63) is 53.1 Å². The molecule has 0 atom stereocenters. The molecule has 26 heavy (non-hydrogen) atoms. The molecule has 2 aromatic rings. The summed E-state index contributed by atoms with van der Waals surface area (Å²) in [6, 6.07) is 8.98. The molecular formula is C18H18N2O5S. The number of nitrogens with two attached hydrogens (primary N) is 1. The summed E-state index contributed by atoms with van der Waals surface area (Å²) in [5.74, 6) is -0.980. The van der Waals surface area contributed by atoms with Crippen LogP contribution in [-0.4, -0.2) is 26.8 Å². The van der Waals surface area contributed by atoms with Gasteiger partial charge in [-0.25, -0.2) is 0 Å². The molecule has 0 radical (unpaired) electrons. The molecule has 0 saturated carbocycles. The molecule has 0 unspecified atom stereocenters. The number of benzene rings is 2. The monoisotopic (exact) mass is 374 g/mol. The molecule has 1 aliphatic heterocycles. The van der Waals surface area contributed by atoms with E-state index in [-0.39, 0.29) is 22.1 Å². The molecule has 0 spiro atoms. The summed E-state index contributed by atoms with van der Waals surface area (Å²) in [6.07, 6.45) is 0.565. The minimum Gasteiger partial charge on any atom is -0.378 e. The lowest BCUT2D eigenvalue weighted by Crippen LogP contribution is -2.25. The fourth-order valence-corrected chi connectivity index (χ4v) is 3.92. The number of hydrogen-bond acceptors (Lipinski definition) is 5. The third kappa shape index (κ3) is 3.28. The van der Waals surface area contributed by atoms with Gasteiger partial charge in [-0.05, 0) is 54.8 Å². The van der Waals surface area contributed by atoms with Crippen molar-refractivity contribution in [2.24, 2.45) is 5.73 Å². The fourth-order valence-electron chi connectivity index (χ4n) is 2.93. The quantitative estimate of drug-likeness (QED) is 0.821. The topological polar surface area (TPSA) is 107 Å². The lowest BCUT2D eigenvalue weighted by atomic mass is 10.1. The molecule has 2 N–H and O–H groups in total. The van der Waals surface area contributed by atoms with Crippen LogP contribution in [0.25, 0.3) is 0 Å². The minimum absolute atomic E-state index is 0.0110. The highest BCUT2D eigenvalue weighted by atomic mass is 32.2. The second-order valence-electron chi connectivity index (χ2n) is 6.11. The maximum Gasteiger partial charge on any atom is 0.339 e. The van der Waals surface area contributed by atoms with Crippen molar-refractivity contribution in [2.75, 3.05) is 11.4 Å². The van der Waals surface area contributed by atoms with Gasteiger partial charge in [-0.15, -0.1) is 0 Å². The van der Waals surface area contributed by atoms with Gasteiger partial charge >= 0.3 is 10.1 Å². The number of nitrogens with zero attached hydrogens (tertiary/aromatic N) is 1. The first kappa shape index (κ1) is 17.9. The number of amides is 2. The van der Waals surface area contributed by atoms with Crippen LogP contribution >= 0.6 is 0 Å². The number of anilines is 1. The van der Waals surface area contributed by atoms with Gasteiger partial charge in [0.2, 0.25) is 5.91 Å². The van der Waals surface area contributed by atoms with E-state index < -0.39 is 16.0 Å². The van der Waals surface area contributed by atoms with Crippen LogP contribution in [0.2, 0.25) is 0 Å². The third-order valence-electron chi connectivity index (χ3n) is 4.22. The average Bonchev–Trinajstić information content (AvgIpc) is 2.97. The number of fused-ring (bicyclic) bond motifs is 1. The van der Waals surface area contributed by atoms with Crippen LogP contribution in [0.4, 0.5) is 5.69 Å². The Bertz CT molecular complexity index is 1010. The highest BCUT2D eigenvalue weighted by molar-refractivity contribution is 7.87. The van der Waals surface area contributed by atoms with Gasteiger partial charge in [0.25, 0.3) is 5.91 Å². The van der Waals surface area contributed by atoms with Gasteiger partial charge in [0.1, 0.15) is 4.90 Å². The minimum atomic E-state index is -4.16. The van der Waals surface area contributed by atoms with E-state index in [1.54, 1.807) is 24.0 Å². The Kier molecular flexibility index (Phi) is 4.45. The Hall–Kier alpha value is -2.87. The SMILES string of the molecule is CC(=O)N1CCc2cc(S(=O)(=O)Oc3cc(C)ccc3C(N)=O)ccc21.